The number of alkyl halides is 3. The van der Waals surface area contributed by atoms with Crippen LogP contribution in [0.5, 0.6) is 0 Å². The quantitative estimate of drug-likeness (QED) is 0.808. The van der Waals surface area contributed by atoms with E-state index in [1.807, 2.05) is 0 Å². The Labute approximate surface area is 91.3 Å². The van der Waals surface area contributed by atoms with Crippen molar-refractivity contribution in [3.05, 3.63) is 35.9 Å². The standard InChI is InChI=1S/C11H12F3NO/c12-11(13,14)9(7-15)6-10(16)8-4-2-1-3-5-8/h1-5,9H,6-7,15H2/t9-/m1/s1. The summed E-state index contributed by atoms with van der Waals surface area (Å²) in [5.74, 6) is -2.30. The van der Waals surface area contributed by atoms with Gasteiger partial charge in [0.15, 0.2) is 5.78 Å². The lowest BCUT2D eigenvalue weighted by Crippen LogP contribution is -2.32. The molecule has 1 aromatic carbocycles. The molecule has 0 aromatic heterocycles. The molecule has 0 unspecified atom stereocenters. The second-order valence-corrected chi connectivity index (χ2v) is 3.47. The summed E-state index contributed by atoms with van der Waals surface area (Å²) >= 11 is 0. The molecular weight excluding hydrogens is 219 g/mol. The molecule has 0 spiro atoms. The van der Waals surface area contributed by atoms with Crippen LogP contribution in [0.1, 0.15) is 16.8 Å². The minimum atomic E-state index is -4.42. The van der Waals surface area contributed by atoms with Gasteiger partial charge < -0.3 is 5.73 Å². The number of rotatable bonds is 4. The van der Waals surface area contributed by atoms with Crippen molar-refractivity contribution in [2.24, 2.45) is 11.7 Å². The van der Waals surface area contributed by atoms with E-state index in [0.717, 1.165) is 0 Å². The molecule has 0 saturated carbocycles. The van der Waals surface area contributed by atoms with Gasteiger partial charge in [0.25, 0.3) is 0 Å². The summed E-state index contributed by atoms with van der Waals surface area (Å²) in [4.78, 5) is 11.5. The molecule has 1 aromatic rings. The van der Waals surface area contributed by atoms with Crippen LogP contribution in [0, 0.1) is 5.92 Å². The van der Waals surface area contributed by atoms with E-state index in [1.165, 1.54) is 12.1 Å². The van der Waals surface area contributed by atoms with Crippen molar-refractivity contribution < 1.29 is 18.0 Å². The normalized spacial score (nSPS) is 13.5. The van der Waals surface area contributed by atoms with E-state index in [4.69, 9.17) is 5.73 Å². The molecule has 0 radical (unpaired) electrons. The molecule has 0 saturated heterocycles. The maximum absolute atomic E-state index is 12.4. The molecule has 0 aliphatic rings. The fourth-order valence-corrected chi connectivity index (χ4v) is 1.30. The zero-order valence-electron chi connectivity index (χ0n) is 8.50. The summed E-state index contributed by atoms with van der Waals surface area (Å²) in [5, 5.41) is 0. The SMILES string of the molecule is NC[C@@H](CC(=O)c1ccccc1)C(F)(F)F. The lowest BCUT2D eigenvalue weighted by molar-refractivity contribution is -0.170. The molecule has 0 aliphatic carbocycles. The summed E-state index contributed by atoms with van der Waals surface area (Å²) in [6, 6.07) is 7.90. The lowest BCUT2D eigenvalue weighted by atomic mass is 9.98. The van der Waals surface area contributed by atoms with Gasteiger partial charge in [-0.15, -0.1) is 0 Å². The summed E-state index contributed by atoms with van der Waals surface area (Å²) in [6.45, 7) is -0.567. The van der Waals surface area contributed by atoms with Gasteiger partial charge in [-0.25, -0.2) is 0 Å². The molecule has 2 N–H and O–H groups in total. The molecule has 1 rings (SSSR count). The largest absolute Gasteiger partial charge is 0.393 e. The van der Waals surface area contributed by atoms with Gasteiger partial charge in [0.1, 0.15) is 0 Å². The average molecular weight is 231 g/mol. The van der Waals surface area contributed by atoms with Gasteiger partial charge >= 0.3 is 6.18 Å². The monoisotopic (exact) mass is 231 g/mol. The van der Waals surface area contributed by atoms with Crippen molar-refractivity contribution in [2.45, 2.75) is 12.6 Å². The minimum absolute atomic E-state index is 0.283. The van der Waals surface area contributed by atoms with Crippen LogP contribution in [0.2, 0.25) is 0 Å². The molecule has 2 nitrogen and oxygen atoms in total. The molecule has 0 fully saturated rings. The van der Waals surface area contributed by atoms with Crippen molar-refractivity contribution >= 4 is 5.78 Å². The van der Waals surface area contributed by atoms with Crippen molar-refractivity contribution in [3.63, 3.8) is 0 Å². The Balaban J connectivity index is 2.71. The van der Waals surface area contributed by atoms with Crippen molar-refractivity contribution in [2.75, 3.05) is 6.54 Å². The van der Waals surface area contributed by atoms with Crippen molar-refractivity contribution in [1.29, 1.82) is 0 Å². The number of benzene rings is 1. The van der Waals surface area contributed by atoms with Gasteiger partial charge in [0.2, 0.25) is 0 Å². The number of hydrogen-bond donors (Lipinski definition) is 1. The zero-order valence-corrected chi connectivity index (χ0v) is 8.50. The van der Waals surface area contributed by atoms with E-state index in [9.17, 15) is 18.0 Å². The molecule has 0 bridgehead atoms. The van der Waals surface area contributed by atoms with Crippen LogP contribution < -0.4 is 5.73 Å². The van der Waals surface area contributed by atoms with Gasteiger partial charge in [-0.3, -0.25) is 4.79 Å². The molecule has 5 heteroatoms. The van der Waals surface area contributed by atoms with Crippen LogP contribution in [0.3, 0.4) is 0 Å². The first kappa shape index (κ1) is 12.7. The third-order valence-corrected chi connectivity index (χ3v) is 2.27. The van der Waals surface area contributed by atoms with Crippen LogP contribution >= 0.6 is 0 Å². The lowest BCUT2D eigenvalue weighted by Gasteiger charge is -2.17. The van der Waals surface area contributed by atoms with Crippen LogP contribution in [0.15, 0.2) is 30.3 Å². The number of halogens is 3. The Kier molecular flexibility index (Phi) is 4.06. The third kappa shape index (κ3) is 3.34. The summed E-state index contributed by atoms with van der Waals surface area (Å²) in [6.07, 6.45) is -5.01. The number of carbonyl (C=O) groups is 1. The Bertz CT molecular complexity index is 348. The maximum atomic E-state index is 12.4. The Morgan fingerprint density at radius 1 is 1.25 bits per heavy atom. The summed E-state index contributed by atoms with van der Waals surface area (Å²) < 4.78 is 37.1. The first-order valence-electron chi connectivity index (χ1n) is 4.80. The van der Waals surface area contributed by atoms with E-state index >= 15 is 0 Å². The van der Waals surface area contributed by atoms with Gasteiger partial charge in [0, 0.05) is 18.5 Å². The third-order valence-electron chi connectivity index (χ3n) is 2.27. The van der Waals surface area contributed by atoms with E-state index in [0.29, 0.717) is 0 Å². The topological polar surface area (TPSA) is 43.1 Å². The highest BCUT2D eigenvalue weighted by Gasteiger charge is 2.39. The molecule has 0 heterocycles. The Morgan fingerprint density at radius 3 is 2.25 bits per heavy atom. The van der Waals surface area contributed by atoms with Crippen LogP contribution in [-0.4, -0.2) is 18.5 Å². The second kappa shape index (κ2) is 5.12. The Morgan fingerprint density at radius 2 is 1.81 bits per heavy atom. The number of carbonyl (C=O) groups excluding carboxylic acids is 1. The minimum Gasteiger partial charge on any atom is -0.330 e. The van der Waals surface area contributed by atoms with Gasteiger partial charge in [-0.05, 0) is 0 Å². The molecule has 88 valence electrons. The molecule has 0 aliphatic heterocycles. The van der Waals surface area contributed by atoms with E-state index in [2.05, 4.69) is 0 Å². The van der Waals surface area contributed by atoms with Gasteiger partial charge in [0.05, 0.1) is 5.92 Å². The van der Waals surface area contributed by atoms with Crippen LogP contribution in [0.4, 0.5) is 13.2 Å². The molecule has 16 heavy (non-hydrogen) atoms. The summed E-state index contributed by atoms with van der Waals surface area (Å²) in [5.41, 5.74) is 5.30. The zero-order chi connectivity index (χ0) is 12.2. The van der Waals surface area contributed by atoms with Crippen molar-refractivity contribution in [1.82, 2.24) is 0 Å². The number of nitrogens with two attached hydrogens (primary N) is 1. The van der Waals surface area contributed by atoms with E-state index < -0.39 is 30.8 Å². The highest BCUT2D eigenvalue weighted by atomic mass is 19.4. The average Bonchev–Trinajstić information content (AvgIpc) is 2.25. The fraction of sp³-hybridized carbons (Fsp3) is 0.364. The van der Waals surface area contributed by atoms with E-state index in [-0.39, 0.29) is 5.56 Å². The van der Waals surface area contributed by atoms with Crippen LogP contribution in [-0.2, 0) is 0 Å². The summed E-state index contributed by atoms with van der Waals surface area (Å²) in [7, 11) is 0. The maximum Gasteiger partial charge on any atom is 0.393 e. The van der Waals surface area contributed by atoms with Gasteiger partial charge in [-0.2, -0.15) is 13.2 Å². The second-order valence-electron chi connectivity index (χ2n) is 3.47. The predicted molar refractivity (Wildman–Crippen MR) is 54.0 cm³/mol. The van der Waals surface area contributed by atoms with E-state index in [1.54, 1.807) is 18.2 Å². The number of hydrogen-bond acceptors (Lipinski definition) is 2. The highest BCUT2D eigenvalue weighted by Crippen LogP contribution is 2.28. The van der Waals surface area contributed by atoms with Crippen molar-refractivity contribution in [3.8, 4) is 0 Å². The fourth-order valence-electron chi connectivity index (χ4n) is 1.30. The van der Waals surface area contributed by atoms with Gasteiger partial charge in [-0.1, -0.05) is 30.3 Å². The molecule has 0 amide bonds. The first-order valence-corrected chi connectivity index (χ1v) is 4.80. The predicted octanol–water partition coefficient (Wildman–Crippen LogP) is 2.40. The highest BCUT2D eigenvalue weighted by molar-refractivity contribution is 5.96. The number of ketones is 1. The number of Topliss-reactive ketones (excluding diaryl/α,β-unsaturated/α-hetero) is 1. The van der Waals surface area contributed by atoms with Crippen LogP contribution in [0.25, 0.3) is 0 Å². The molecule has 1 atom stereocenters. The molecular formula is C11H12F3NO. The smallest absolute Gasteiger partial charge is 0.330 e. The first-order chi connectivity index (χ1) is 7.45. The Hall–Kier alpha value is -1.36.